The number of ether oxygens (including phenoxy) is 3. The standard InChI is InChI=1S/C41H54ClF3N4O6S/c1-28-6-5-14-40(55-27-41(43,44)45,26-47-16-17-48-18-19-53-25-35(48)23-47)36-12-9-32(36)22-49-15-4-3-7-30-20-34(42)11-8-33(30)24-54-38-13-10-31(21-37(38)49)39(50)46-56(51,52)29(28)2/h5,8,10-11,13-14,20-21,28-29,32,35-36H,3-4,6-7,9,12,15-19,22-27H2,1-2H3,(H,46,50)/b14-5+/t28-,29+,32-,35-,36+,40+/m0/s1. The summed E-state index contributed by atoms with van der Waals surface area (Å²) in [5.41, 5.74) is 1.61. The molecule has 2 saturated heterocycles. The molecule has 15 heteroatoms. The molecule has 1 aliphatic carbocycles. The molecule has 10 nitrogen and oxygen atoms in total. The Morgan fingerprint density at radius 1 is 1.02 bits per heavy atom. The highest BCUT2D eigenvalue weighted by Crippen LogP contribution is 2.47. The Kier molecular flexibility index (Phi) is 12.6. The smallest absolute Gasteiger partial charge is 0.411 e. The van der Waals surface area contributed by atoms with Crippen LogP contribution in [0.3, 0.4) is 0 Å². The highest BCUT2D eigenvalue weighted by Gasteiger charge is 2.51. The van der Waals surface area contributed by atoms with Crippen molar-refractivity contribution in [3.8, 4) is 5.75 Å². The van der Waals surface area contributed by atoms with Gasteiger partial charge in [-0.1, -0.05) is 36.7 Å². The van der Waals surface area contributed by atoms with Gasteiger partial charge in [-0.2, -0.15) is 13.2 Å². The first-order chi connectivity index (χ1) is 26.7. The van der Waals surface area contributed by atoms with Crippen LogP contribution in [0.1, 0.15) is 67.4 Å². The zero-order valence-electron chi connectivity index (χ0n) is 32.2. The molecule has 3 fully saturated rings. The van der Waals surface area contributed by atoms with Crippen molar-refractivity contribution in [1.29, 1.82) is 0 Å². The first kappa shape index (κ1) is 41.3. The van der Waals surface area contributed by atoms with Crippen molar-refractivity contribution < 1.29 is 40.6 Å². The van der Waals surface area contributed by atoms with E-state index in [1.165, 1.54) is 0 Å². The third-order valence-electron chi connectivity index (χ3n) is 12.7. The minimum atomic E-state index is -4.55. The number of rotatable bonds is 4. The van der Waals surface area contributed by atoms with Crippen LogP contribution in [-0.2, 0) is 32.5 Å². The Balaban J connectivity index is 1.28. The molecule has 2 aromatic rings. The summed E-state index contributed by atoms with van der Waals surface area (Å²) in [6.45, 7) is 7.76. The predicted octanol–water partition coefficient (Wildman–Crippen LogP) is 6.47. The first-order valence-corrected chi connectivity index (χ1v) is 21.9. The summed E-state index contributed by atoms with van der Waals surface area (Å²) in [6, 6.07) is 10.9. The quantitative estimate of drug-likeness (QED) is 0.349. The van der Waals surface area contributed by atoms with Crippen LogP contribution in [0, 0.1) is 17.8 Å². The van der Waals surface area contributed by atoms with Crippen molar-refractivity contribution in [2.24, 2.45) is 17.8 Å². The highest BCUT2D eigenvalue weighted by atomic mass is 35.5. The molecule has 4 heterocycles. The van der Waals surface area contributed by atoms with E-state index in [2.05, 4.69) is 19.4 Å². The van der Waals surface area contributed by atoms with Crippen LogP contribution in [-0.4, -0.2) is 113 Å². The summed E-state index contributed by atoms with van der Waals surface area (Å²) < 4.78 is 90.5. The summed E-state index contributed by atoms with van der Waals surface area (Å²) in [4.78, 5) is 20.4. The van der Waals surface area contributed by atoms with Gasteiger partial charge in [-0.15, -0.1) is 0 Å². The maximum atomic E-state index is 14.2. The fourth-order valence-electron chi connectivity index (χ4n) is 9.07. The Bertz CT molecular complexity index is 1870. The molecule has 2 aromatic carbocycles. The lowest BCUT2D eigenvalue weighted by atomic mass is 9.63. The van der Waals surface area contributed by atoms with Crippen molar-refractivity contribution in [1.82, 2.24) is 14.5 Å². The summed E-state index contributed by atoms with van der Waals surface area (Å²) in [5.74, 6) is -0.958. The van der Waals surface area contributed by atoms with Crippen molar-refractivity contribution in [2.45, 2.75) is 82.0 Å². The average molecular weight is 823 g/mol. The lowest BCUT2D eigenvalue weighted by Crippen LogP contribution is -2.63. The number of allylic oxidation sites excluding steroid dienone is 1. The summed E-state index contributed by atoms with van der Waals surface area (Å²) in [7, 11) is -4.13. The largest absolute Gasteiger partial charge is 0.487 e. The molecule has 1 amide bonds. The zero-order chi connectivity index (χ0) is 39.7. The van der Waals surface area contributed by atoms with Crippen LogP contribution in [0.2, 0.25) is 5.02 Å². The molecule has 7 rings (SSSR count). The predicted molar refractivity (Wildman–Crippen MR) is 210 cm³/mol. The Morgan fingerprint density at radius 3 is 2.64 bits per heavy atom. The van der Waals surface area contributed by atoms with Crippen LogP contribution >= 0.6 is 11.6 Å². The molecule has 0 radical (unpaired) electrons. The van der Waals surface area contributed by atoms with Crippen molar-refractivity contribution >= 4 is 33.2 Å². The number of morpholine rings is 1. The number of carbonyl (C=O) groups excluding carboxylic acids is 1. The molecule has 1 N–H and O–H groups in total. The van der Waals surface area contributed by atoms with E-state index in [4.69, 9.17) is 25.8 Å². The molecular formula is C41H54ClF3N4O6S. The van der Waals surface area contributed by atoms with Gasteiger partial charge in [0.1, 0.15) is 24.6 Å². The van der Waals surface area contributed by atoms with E-state index in [0.29, 0.717) is 62.3 Å². The number of anilines is 1. The fourth-order valence-corrected chi connectivity index (χ4v) is 10.5. The lowest BCUT2D eigenvalue weighted by molar-refractivity contribution is -0.219. The third-order valence-corrected chi connectivity index (χ3v) is 14.8. The molecule has 1 saturated carbocycles. The molecular weight excluding hydrogens is 769 g/mol. The van der Waals surface area contributed by atoms with Gasteiger partial charge in [0.2, 0.25) is 10.0 Å². The molecule has 5 aliphatic rings. The Labute approximate surface area is 333 Å². The van der Waals surface area contributed by atoms with E-state index in [-0.39, 0.29) is 43.0 Å². The summed E-state index contributed by atoms with van der Waals surface area (Å²) in [6.07, 6.45) is 3.23. The van der Waals surface area contributed by atoms with E-state index in [0.717, 1.165) is 49.9 Å². The van der Waals surface area contributed by atoms with Crippen LogP contribution in [0.15, 0.2) is 48.6 Å². The number of sulfonamides is 1. The van der Waals surface area contributed by atoms with E-state index < -0.39 is 45.5 Å². The van der Waals surface area contributed by atoms with Gasteiger partial charge in [0.05, 0.1) is 24.2 Å². The normalized spacial score (nSPS) is 31.3. The first-order valence-electron chi connectivity index (χ1n) is 20.0. The molecule has 4 aliphatic heterocycles. The summed E-state index contributed by atoms with van der Waals surface area (Å²) in [5, 5.41) is -0.326. The molecule has 56 heavy (non-hydrogen) atoms. The number of hydrogen-bond donors (Lipinski definition) is 1. The molecule has 0 spiro atoms. The monoisotopic (exact) mass is 822 g/mol. The molecule has 0 aromatic heterocycles. The number of alkyl halides is 3. The number of nitrogens with one attached hydrogen (secondary N) is 1. The van der Waals surface area contributed by atoms with Gasteiger partial charge >= 0.3 is 6.18 Å². The van der Waals surface area contributed by atoms with Gasteiger partial charge in [0, 0.05) is 62.4 Å². The number of halogens is 4. The molecule has 6 atom stereocenters. The third kappa shape index (κ3) is 9.52. The van der Waals surface area contributed by atoms with Crippen LogP contribution in [0.25, 0.3) is 0 Å². The number of carbonyl (C=O) groups is 1. The van der Waals surface area contributed by atoms with Crippen molar-refractivity contribution in [3.63, 3.8) is 0 Å². The fraction of sp³-hybridized carbons (Fsp3) is 0.634. The van der Waals surface area contributed by atoms with E-state index in [1.54, 1.807) is 32.0 Å². The second-order valence-corrected chi connectivity index (χ2v) is 18.9. The van der Waals surface area contributed by atoms with Crippen LogP contribution < -0.4 is 14.4 Å². The van der Waals surface area contributed by atoms with Crippen molar-refractivity contribution in [2.75, 3.05) is 70.5 Å². The van der Waals surface area contributed by atoms with Crippen molar-refractivity contribution in [3.05, 3.63) is 70.3 Å². The molecule has 2 bridgehead atoms. The number of nitrogens with zero attached hydrogens (tertiary/aromatic N) is 3. The van der Waals surface area contributed by atoms with Crippen LogP contribution in [0.5, 0.6) is 5.75 Å². The van der Waals surface area contributed by atoms with E-state index >= 15 is 0 Å². The van der Waals surface area contributed by atoms with Gasteiger partial charge in [-0.05, 0) is 105 Å². The minimum Gasteiger partial charge on any atom is -0.487 e. The lowest BCUT2D eigenvalue weighted by Gasteiger charge is -2.53. The maximum Gasteiger partial charge on any atom is 0.411 e. The Hall–Kier alpha value is -2.88. The SMILES string of the molecule is C[C@@H]1[C@@H](C)C/C=C/[C@](CN2CCN3CCOC[C@@H]3C2)(OCC(F)(F)F)[C@@H]2CC[C@H]2CN2CCCCc3cc(Cl)ccc3COc3ccc(cc32)C(=O)NS1(=O)=O. The average Bonchev–Trinajstić information content (AvgIpc) is 3.17. The zero-order valence-corrected chi connectivity index (χ0v) is 33.8. The van der Waals surface area contributed by atoms with Gasteiger partial charge in [-0.25, -0.2) is 13.1 Å². The van der Waals surface area contributed by atoms with Gasteiger partial charge < -0.3 is 19.1 Å². The minimum absolute atomic E-state index is 0.0386. The topological polar surface area (TPSA) is 101 Å². The molecule has 0 unspecified atom stereocenters. The Morgan fingerprint density at radius 2 is 1.86 bits per heavy atom. The number of amides is 1. The summed E-state index contributed by atoms with van der Waals surface area (Å²) >= 11 is 6.38. The number of fused-ring (bicyclic) bond motifs is 4. The maximum absolute atomic E-state index is 14.2. The van der Waals surface area contributed by atoms with Crippen LogP contribution in [0.4, 0.5) is 18.9 Å². The van der Waals surface area contributed by atoms with Gasteiger partial charge in [-0.3, -0.25) is 14.6 Å². The van der Waals surface area contributed by atoms with Gasteiger partial charge in [0.15, 0.2) is 0 Å². The molecule has 308 valence electrons. The highest BCUT2D eigenvalue weighted by molar-refractivity contribution is 7.90. The van der Waals surface area contributed by atoms with E-state index in [1.807, 2.05) is 30.4 Å². The number of piperazine rings is 1. The van der Waals surface area contributed by atoms with Gasteiger partial charge in [0.25, 0.3) is 5.91 Å². The second kappa shape index (κ2) is 17.1. The number of benzene rings is 2. The second-order valence-electron chi connectivity index (χ2n) is 16.4. The number of hydrogen-bond acceptors (Lipinski definition) is 9. The number of aryl methyl sites for hydroxylation is 1. The van der Waals surface area contributed by atoms with E-state index in [9.17, 15) is 26.4 Å².